The maximum absolute atomic E-state index is 13.5. The van der Waals surface area contributed by atoms with Gasteiger partial charge in [-0.15, -0.1) is 0 Å². The van der Waals surface area contributed by atoms with Gasteiger partial charge in [-0.2, -0.15) is 0 Å². The van der Waals surface area contributed by atoms with Gasteiger partial charge in [-0.25, -0.2) is 8.78 Å². The minimum Gasteiger partial charge on any atom is -0.318 e. The molecule has 5 heteroatoms. The van der Waals surface area contributed by atoms with Gasteiger partial charge in [-0.05, 0) is 36.0 Å². The van der Waals surface area contributed by atoms with Crippen LogP contribution in [0.1, 0.15) is 45.3 Å². The normalized spacial score (nSPS) is 30.8. The summed E-state index contributed by atoms with van der Waals surface area (Å²) in [7, 11) is 0. The van der Waals surface area contributed by atoms with E-state index in [4.69, 9.17) is 0 Å². The Labute approximate surface area is 123 Å². The highest BCUT2D eigenvalue weighted by molar-refractivity contribution is 5.85. The number of carbonyl (C=O) groups excluding carboxylic acids is 1. The first-order valence-corrected chi connectivity index (χ1v) is 7.38. The zero-order valence-corrected chi connectivity index (χ0v) is 12.5. The van der Waals surface area contributed by atoms with Gasteiger partial charge in [0.2, 0.25) is 5.91 Å². The number of rotatable bonds is 3. The number of hydrogen-bond acceptors (Lipinski definition) is 2. The zero-order valence-electron chi connectivity index (χ0n) is 12.5. The molecular weight excluding hydrogens is 274 g/mol. The highest BCUT2D eigenvalue weighted by atomic mass is 19.2. The van der Waals surface area contributed by atoms with Crippen molar-refractivity contribution in [1.82, 2.24) is 10.2 Å². The first kappa shape index (κ1) is 14.4. The van der Waals surface area contributed by atoms with Gasteiger partial charge in [0.15, 0.2) is 11.6 Å². The molecule has 1 saturated heterocycles. The molecule has 1 aromatic rings. The van der Waals surface area contributed by atoms with Gasteiger partial charge in [0, 0.05) is 6.04 Å². The summed E-state index contributed by atoms with van der Waals surface area (Å²) in [6, 6.07) is 3.75. The van der Waals surface area contributed by atoms with E-state index < -0.39 is 11.6 Å². The third-order valence-corrected chi connectivity index (χ3v) is 4.65. The van der Waals surface area contributed by atoms with Crippen molar-refractivity contribution in [3.8, 4) is 0 Å². The number of nitrogens with one attached hydrogen (secondary N) is 1. The van der Waals surface area contributed by atoms with E-state index >= 15 is 0 Å². The second-order valence-corrected chi connectivity index (χ2v) is 6.66. The van der Waals surface area contributed by atoms with Crippen molar-refractivity contribution in [3.63, 3.8) is 0 Å². The highest BCUT2D eigenvalue weighted by Gasteiger charge is 2.56. The van der Waals surface area contributed by atoms with E-state index in [1.54, 1.807) is 6.07 Å². The Morgan fingerprint density at radius 2 is 2.00 bits per heavy atom. The average molecular weight is 294 g/mol. The summed E-state index contributed by atoms with van der Waals surface area (Å²) >= 11 is 0. The van der Waals surface area contributed by atoms with Crippen LogP contribution in [0.25, 0.3) is 0 Å². The van der Waals surface area contributed by atoms with Crippen LogP contribution in [0.5, 0.6) is 0 Å². The van der Waals surface area contributed by atoms with Gasteiger partial charge in [-0.1, -0.05) is 26.8 Å². The number of halogens is 2. The predicted molar refractivity (Wildman–Crippen MR) is 75.3 cm³/mol. The van der Waals surface area contributed by atoms with E-state index in [2.05, 4.69) is 19.2 Å². The van der Waals surface area contributed by atoms with Crippen molar-refractivity contribution >= 4 is 5.91 Å². The summed E-state index contributed by atoms with van der Waals surface area (Å²) in [5.74, 6) is -1.69. The summed E-state index contributed by atoms with van der Waals surface area (Å²) < 4.78 is 26.6. The van der Waals surface area contributed by atoms with Crippen molar-refractivity contribution in [2.75, 3.05) is 0 Å². The Balaban J connectivity index is 1.94. The first-order valence-electron chi connectivity index (χ1n) is 7.38. The topological polar surface area (TPSA) is 32.3 Å². The Bertz CT molecular complexity index is 588. The lowest BCUT2D eigenvalue weighted by molar-refractivity contribution is -0.131. The van der Waals surface area contributed by atoms with Crippen LogP contribution in [0.15, 0.2) is 18.2 Å². The fraction of sp³-hybridized carbons (Fsp3) is 0.562. The molecule has 3 unspecified atom stereocenters. The second-order valence-electron chi connectivity index (χ2n) is 6.66. The largest absolute Gasteiger partial charge is 0.318 e. The molecule has 1 saturated carbocycles. The molecule has 114 valence electrons. The van der Waals surface area contributed by atoms with Crippen LogP contribution in [0, 0.1) is 17.0 Å². The van der Waals surface area contributed by atoms with Crippen LogP contribution in [0.3, 0.4) is 0 Å². The van der Waals surface area contributed by atoms with E-state index in [1.807, 2.05) is 11.8 Å². The van der Waals surface area contributed by atoms with Gasteiger partial charge in [-0.3, -0.25) is 10.1 Å². The lowest BCUT2D eigenvalue weighted by Crippen LogP contribution is -2.35. The van der Waals surface area contributed by atoms with Crippen molar-refractivity contribution in [2.45, 2.75) is 51.9 Å². The van der Waals surface area contributed by atoms with Gasteiger partial charge in [0.25, 0.3) is 0 Å². The minimum atomic E-state index is -0.878. The number of nitrogens with zero attached hydrogens (tertiary/aromatic N) is 1. The molecule has 3 nitrogen and oxygen atoms in total. The Hall–Kier alpha value is -1.49. The number of hydrogen-bond donors (Lipinski definition) is 1. The second kappa shape index (κ2) is 4.77. The molecule has 2 fully saturated rings. The molecule has 1 amide bonds. The Morgan fingerprint density at radius 3 is 2.52 bits per heavy atom. The SMILES string of the molecule is CCC1NC(c2ccc(F)c(F)c2)N(C2CC2(C)C)C1=O. The van der Waals surface area contributed by atoms with Crippen LogP contribution in [-0.4, -0.2) is 22.9 Å². The molecule has 1 aliphatic carbocycles. The summed E-state index contributed by atoms with van der Waals surface area (Å²) in [5.41, 5.74) is 0.692. The van der Waals surface area contributed by atoms with E-state index in [0.717, 1.165) is 12.5 Å². The van der Waals surface area contributed by atoms with E-state index in [0.29, 0.717) is 12.0 Å². The molecule has 3 atom stereocenters. The Kier molecular flexibility index (Phi) is 3.28. The molecule has 1 N–H and O–H groups in total. The lowest BCUT2D eigenvalue weighted by atomic mass is 10.1. The van der Waals surface area contributed by atoms with Crippen LogP contribution in [-0.2, 0) is 4.79 Å². The molecule has 1 heterocycles. The van der Waals surface area contributed by atoms with Crippen molar-refractivity contribution in [1.29, 1.82) is 0 Å². The number of benzene rings is 1. The molecule has 1 aromatic carbocycles. The van der Waals surface area contributed by atoms with Crippen molar-refractivity contribution in [2.24, 2.45) is 5.41 Å². The quantitative estimate of drug-likeness (QED) is 0.929. The molecule has 2 aliphatic rings. The number of amides is 1. The summed E-state index contributed by atoms with van der Waals surface area (Å²) in [5, 5.41) is 3.25. The molecule has 21 heavy (non-hydrogen) atoms. The molecule has 0 radical (unpaired) electrons. The highest BCUT2D eigenvalue weighted by Crippen LogP contribution is 2.52. The monoisotopic (exact) mass is 294 g/mol. The zero-order chi connectivity index (χ0) is 15.4. The first-order chi connectivity index (χ1) is 9.85. The average Bonchev–Trinajstić information content (AvgIpc) is 2.91. The minimum absolute atomic E-state index is 0.0582. The third-order valence-electron chi connectivity index (χ3n) is 4.65. The molecule has 3 rings (SSSR count). The maximum atomic E-state index is 13.5. The van der Waals surface area contributed by atoms with Crippen LogP contribution in [0.2, 0.25) is 0 Å². The molecule has 1 aliphatic heterocycles. The van der Waals surface area contributed by atoms with Crippen molar-refractivity contribution in [3.05, 3.63) is 35.4 Å². The van der Waals surface area contributed by atoms with Gasteiger partial charge in [0.1, 0.15) is 6.17 Å². The molecule has 0 spiro atoms. The van der Waals surface area contributed by atoms with Crippen LogP contribution < -0.4 is 5.32 Å². The van der Waals surface area contributed by atoms with E-state index in [-0.39, 0.29) is 29.6 Å². The van der Waals surface area contributed by atoms with Crippen LogP contribution in [0.4, 0.5) is 8.78 Å². The van der Waals surface area contributed by atoms with E-state index in [1.165, 1.54) is 6.07 Å². The van der Waals surface area contributed by atoms with Gasteiger partial charge >= 0.3 is 0 Å². The number of carbonyl (C=O) groups is 1. The smallest absolute Gasteiger partial charge is 0.241 e. The van der Waals surface area contributed by atoms with Crippen LogP contribution >= 0.6 is 0 Å². The molecule has 0 aromatic heterocycles. The summed E-state index contributed by atoms with van der Waals surface area (Å²) in [6.07, 6.45) is 1.25. The van der Waals surface area contributed by atoms with Gasteiger partial charge in [0.05, 0.1) is 6.04 Å². The molecular formula is C16H20F2N2O. The fourth-order valence-corrected chi connectivity index (χ4v) is 3.13. The lowest BCUT2D eigenvalue weighted by Gasteiger charge is -2.26. The van der Waals surface area contributed by atoms with Gasteiger partial charge < -0.3 is 4.90 Å². The predicted octanol–water partition coefficient (Wildman–Crippen LogP) is 2.97. The standard InChI is InChI=1S/C16H20F2N2O/c1-4-12-15(21)20(13-8-16(13,2)3)14(19-12)9-5-6-10(17)11(18)7-9/h5-7,12-14,19H,4,8H2,1-3H3. The third kappa shape index (κ3) is 2.33. The van der Waals surface area contributed by atoms with E-state index in [9.17, 15) is 13.6 Å². The summed E-state index contributed by atoms with van der Waals surface area (Å²) in [4.78, 5) is 14.4. The molecule has 0 bridgehead atoms. The fourth-order valence-electron chi connectivity index (χ4n) is 3.13. The Morgan fingerprint density at radius 1 is 1.33 bits per heavy atom. The summed E-state index contributed by atoms with van der Waals surface area (Å²) in [6.45, 7) is 6.18. The maximum Gasteiger partial charge on any atom is 0.241 e. The van der Waals surface area contributed by atoms with Crippen molar-refractivity contribution < 1.29 is 13.6 Å².